The predicted molar refractivity (Wildman–Crippen MR) is 45.7 cm³/mol. The Morgan fingerprint density at radius 2 is 2.07 bits per heavy atom. The summed E-state index contributed by atoms with van der Waals surface area (Å²) in [5.74, 6) is -0.320. The summed E-state index contributed by atoms with van der Waals surface area (Å²) >= 11 is 0. The summed E-state index contributed by atoms with van der Waals surface area (Å²) in [6.45, 7) is -0.718. The van der Waals surface area contributed by atoms with Crippen LogP contribution < -0.4 is 4.72 Å². The molecule has 0 bridgehead atoms. The number of halogens is 2. The number of alkyl halides is 2. The van der Waals surface area contributed by atoms with E-state index < -0.39 is 29.1 Å². The molecule has 0 aliphatic carbocycles. The van der Waals surface area contributed by atoms with Crippen molar-refractivity contribution in [3.8, 4) is 0 Å². The summed E-state index contributed by atoms with van der Waals surface area (Å²) in [4.78, 5) is 0. The van der Waals surface area contributed by atoms with E-state index in [4.69, 9.17) is 5.11 Å². The Morgan fingerprint density at radius 1 is 1.50 bits per heavy atom. The van der Waals surface area contributed by atoms with E-state index in [0.717, 1.165) is 0 Å². The van der Waals surface area contributed by atoms with E-state index in [-0.39, 0.29) is 12.4 Å². The SMILES string of the molecule is COCCS(=O)(=O)NCC(O)C(F)F. The number of hydrogen-bond donors (Lipinski definition) is 2. The van der Waals surface area contributed by atoms with Gasteiger partial charge in [0.25, 0.3) is 6.43 Å². The predicted octanol–water partition coefficient (Wildman–Crippen LogP) is -0.822. The zero-order chi connectivity index (χ0) is 11.2. The lowest BCUT2D eigenvalue weighted by Gasteiger charge is -2.10. The lowest BCUT2D eigenvalue weighted by molar-refractivity contribution is -0.000463. The van der Waals surface area contributed by atoms with Crippen LogP contribution in [-0.2, 0) is 14.8 Å². The van der Waals surface area contributed by atoms with Gasteiger partial charge >= 0.3 is 0 Å². The van der Waals surface area contributed by atoms with Gasteiger partial charge in [0.05, 0.1) is 12.4 Å². The van der Waals surface area contributed by atoms with Gasteiger partial charge in [-0.05, 0) is 0 Å². The Morgan fingerprint density at radius 3 is 2.50 bits per heavy atom. The standard InChI is InChI=1S/C6H13F2NO4S/c1-13-2-3-14(11,12)9-4-5(10)6(7)8/h5-6,9-10H,2-4H2,1H3. The van der Waals surface area contributed by atoms with E-state index in [9.17, 15) is 17.2 Å². The van der Waals surface area contributed by atoms with Crippen LogP contribution >= 0.6 is 0 Å². The quantitative estimate of drug-likeness (QED) is 0.602. The third-order valence-electron chi connectivity index (χ3n) is 1.36. The second-order valence-corrected chi connectivity index (χ2v) is 4.49. The number of methoxy groups -OCH3 is 1. The molecule has 0 saturated heterocycles. The smallest absolute Gasteiger partial charge is 0.265 e. The van der Waals surface area contributed by atoms with Gasteiger partial charge in [0, 0.05) is 13.7 Å². The Balaban J connectivity index is 3.87. The van der Waals surface area contributed by atoms with Gasteiger partial charge in [-0.2, -0.15) is 0 Å². The van der Waals surface area contributed by atoms with Crippen LogP contribution in [0.5, 0.6) is 0 Å². The minimum absolute atomic E-state index is 0.0277. The number of ether oxygens (including phenoxy) is 1. The minimum atomic E-state index is -3.64. The molecule has 14 heavy (non-hydrogen) atoms. The molecule has 5 nitrogen and oxygen atoms in total. The van der Waals surface area contributed by atoms with Gasteiger partial charge in [-0.25, -0.2) is 21.9 Å². The second kappa shape index (κ2) is 6.23. The summed E-state index contributed by atoms with van der Waals surface area (Å²) in [6.07, 6.45) is -4.94. The first kappa shape index (κ1) is 13.7. The van der Waals surface area contributed by atoms with E-state index >= 15 is 0 Å². The molecule has 0 aromatic rings. The molecule has 0 aromatic carbocycles. The van der Waals surface area contributed by atoms with E-state index in [1.54, 1.807) is 0 Å². The highest BCUT2D eigenvalue weighted by molar-refractivity contribution is 7.89. The van der Waals surface area contributed by atoms with Crippen molar-refractivity contribution in [3.05, 3.63) is 0 Å². The van der Waals surface area contributed by atoms with Crippen molar-refractivity contribution in [2.45, 2.75) is 12.5 Å². The first-order valence-electron chi connectivity index (χ1n) is 3.81. The molecule has 0 spiro atoms. The van der Waals surface area contributed by atoms with Crippen molar-refractivity contribution < 1.29 is 27.0 Å². The lowest BCUT2D eigenvalue weighted by Crippen LogP contribution is -2.37. The number of aliphatic hydroxyl groups excluding tert-OH is 1. The fraction of sp³-hybridized carbons (Fsp3) is 1.00. The molecule has 0 amide bonds. The largest absolute Gasteiger partial charge is 0.386 e. The Bertz CT molecular complexity index is 244. The topological polar surface area (TPSA) is 75.6 Å². The molecular formula is C6H13F2NO4S. The molecule has 0 saturated carbocycles. The van der Waals surface area contributed by atoms with Crippen molar-refractivity contribution in [2.24, 2.45) is 0 Å². The van der Waals surface area contributed by atoms with Gasteiger partial charge in [0.15, 0.2) is 0 Å². The van der Waals surface area contributed by atoms with Crippen molar-refractivity contribution in [3.63, 3.8) is 0 Å². The number of rotatable bonds is 7. The molecule has 8 heteroatoms. The summed E-state index contributed by atoms with van der Waals surface area (Å²) < 4.78 is 51.8. The third kappa shape index (κ3) is 6.19. The first-order chi connectivity index (χ1) is 6.39. The molecule has 1 unspecified atom stereocenters. The van der Waals surface area contributed by atoms with Crippen LogP contribution in [0.2, 0.25) is 0 Å². The maximum Gasteiger partial charge on any atom is 0.265 e. The van der Waals surface area contributed by atoms with Crippen molar-refractivity contribution >= 4 is 10.0 Å². The molecule has 0 fully saturated rings. The van der Waals surface area contributed by atoms with Crippen LogP contribution in [0.25, 0.3) is 0 Å². The van der Waals surface area contributed by atoms with E-state index in [2.05, 4.69) is 4.74 Å². The van der Waals surface area contributed by atoms with Gasteiger partial charge < -0.3 is 9.84 Å². The van der Waals surface area contributed by atoms with Gasteiger partial charge in [-0.15, -0.1) is 0 Å². The molecule has 0 aliphatic heterocycles. The average molecular weight is 233 g/mol. The highest BCUT2D eigenvalue weighted by Crippen LogP contribution is 1.99. The second-order valence-electron chi connectivity index (χ2n) is 2.56. The molecule has 2 N–H and O–H groups in total. The lowest BCUT2D eigenvalue weighted by atomic mass is 10.4. The maximum atomic E-state index is 11.7. The summed E-state index contributed by atoms with van der Waals surface area (Å²) in [5.41, 5.74) is 0. The van der Waals surface area contributed by atoms with Crippen molar-refractivity contribution in [1.29, 1.82) is 0 Å². The van der Waals surface area contributed by atoms with Crippen molar-refractivity contribution in [1.82, 2.24) is 4.72 Å². The van der Waals surface area contributed by atoms with Crippen LogP contribution in [0.4, 0.5) is 8.78 Å². The number of hydrogen-bond acceptors (Lipinski definition) is 4. The molecular weight excluding hydrogens is 220 g/mol. The van der Waals surface area contributed by atoms with Crippen molar-refractivity contribution in [2.75, 3.05) is 26.0 Å². The van der Waals surface area contributed by atoms with Gasteiger partial charge in [0.2, 0.25) is 10.0 Å². The van der Waals surface area contributed by atoms with E-state index in [0.29, 0.717) is 0 Å². The van der Waals surface area contributed by atoms with Gasteiger partial charge in [-0.1, -0.05) is 0 Å². The number of sulfonamides is 1. The van der Waals surface area contributed by atoms with Crippen LogP contribution in [0.3, 0.4) is 0 Å². The zero-order valence-corrected chi connectivity index (χ0v) is 8.43. The van der Waals surface area contributed by atoms with Crippen LogP contribution in [0, 0.1) is 0 Å². The Hall–Kier alpha value is -0.310. The molecule has 86 valence electrons. The fourth-order valence-electron chi connectivity index (χ4n) is 0.567. The highest BCUT2D eigenvalue weighted by Gasteiger charge is 2.19. The minimum Gasteiger partial charge on any atom is -0.386 e. The van der Waals surface area contributed by atoms with Crippen LogP contribution in [-0.4, -0.2) is 52.1 Å². The zero-order valence-electron chi connectivity index (χ0n) is 7.61. The molecule has 0 aromatic heterocycles. The molecule has 0 heterocycles. The number of nitrogens with one attached hydrogen (secondary N) is 1. The molecule has 0 radical (unpaired) electrons. The highest BCUT2D eigenvalue weighted by atomic mass is 32.2. The van der Waals surface area contributed by atoms with Crippen LogP contribution in [0.15, 0.2) is 0 Å². The number of aliphatic hydroxyl groups is 1. The monoisotopic (exact) mass is 233 g/mol. The summed E-state index contributed by atoms with van der Waals surface area (Å²) in [6, 6.07) is 0. The molecule has 0 rings (SSSR count). The first-order valence-corrected chi connectivity index (χ1v) is 5.47. The summed E-state index contributed by atoms with van der Waals surface area (Å²) in [5, 5.41) is 8.61. The van der Waals surface area contributed by atoms with E-state index in [1.807, 2.05) is 4.72 Å². The van der Waals surface area contributed by atoms with Crippen LogP contribution in [0.1, 0.15) is 0 Å². The van der Waals surface area contributed by atoms with E-state index in [1.165, 1.54) is 7.11 Å². The fourth-order valence-corrected chi connectivity index (χ4v) is 1.52. The molecule has 1 atom stereocenters. The molecule has 0 aliphatic rings. The summed E-state index contributed by atoms with van der Waals surface area (Å²) in [7, 11) is -2.32. The Kier molecular flexibility index (Phi) is 6.09. The van der Waals surface area contributed by atoms with Gasteiger partial charge in [-0.3, -0.25) is 0 Å². The average Bonchev–Trinajstić information content (AvgIpc) is 2.11. The Labute approximate surface area is 81.1 Å². The third-order valence-corrected chi connectivity index (χ3v) is 2.67. The van der Waals surface area contributed by atoms with Gasteiger partial charge in [0.1, 0.15) is 6.10 Å². The maximum absolute atomic E-state index is 11.7. The normalized spacial score (nSPS) is 14.6.